The SMILES string of the molecule is CN1CC[C@@H](Nc2cccc3c([C@@H]4CO4)n(-c4noc(CNC(=O)C5CC5)n4)nc23)[C@@H](F)C1. The number of alkyl halides is 1. The lowest BCUT2D eigenvalue weighted by Gasteiger charge is -2.33. The molecule has 2 N–H and O–H groups in total. The standard InChI is InChI=1S/C22H26FN7O3/c1-29-8-7-15(14(23)10-29)25-16-4-2-3-13-19(16)27-30(20(13)17-11-32-17)22-26-18(33-28-22)9-24-21(31)12-5-6-12/h2-4,12,14-15,17,25H,5-11H2,1H3,(H,24,31)/t14-,15+,17-/m0/s1. The van der Waals surface area contributed by atoms with Crippen molar-refractivity contribution in [1.82, 2.24) is 30.1 Å². The zero-order chi connectivity index (χ0) is 22.5. The van der Waals surface area contributed by atoms with Gasteiger partial charge in [-0.25, -0.2) is 4.39 Å². The third kappa shape index (κ3) is 4.06. The molecule has 11 heteroatoms. The van der Waals surface area contributed by atoms with Crippen molar-refractivity contribution >= 4 is 22.5 Å². The van der Waals surface area contributed by atoms with Crippen molar-refractivity contribution in [3.8, 4) is 5.95 Å². The van der Waals surface area contributed by atoms with E-state index < -0.39 is 6.17 Å². The number of rotatable bonds is 7. The van der Waals surface area contributed by atoms with Gasteiger partial charge in [-0.2, -0.15) is 14.8 Å². The molecule has 33 heavy (non-hydrogen) atoms. The molecule has 6 rings (SSSR count). The molecule has 10 nitrogen and oxygen atoms in total. The maximum Gasteiger partial charge on any atom is 0.291 e. The Morgan fingerprint density at radius 3 is 2.91 bits per heavy atom. The molecule has 3 aromatic rings. The number of piperidine rings is 1. The second-order valence-corrected chi connectivity index (χ2v) is 9.12. The first-order valence-electron chi connectivity index (χ1n) is 11.4. The van der Waals surface area contributed by atoms with Gasteiger partial charge in [-0.1, -0.05) is 12.1 Å². The third-order valence-electron chi connectivity index (χ3n) is 6.47. The molecule has 4 heterocycles. The molecule has 174 valence electrons. The average molecular weight is 455 g/mol. The van der Waals surface area contributed by atoms with Gasteiger partial charge in [0.1, 0.15) is 17.8 Å². The van der Waals surface area contributed by atoms with Crippen LogP contribution in [-0.4, -0.2) is 69.7 Å². The van der Waals surface area contributed by atoms with E-state index in [1.165, 1.54) is 0 Å². The van der Waals surface area contributed by atoms with Crippen molar-refractivity contribution in [1.29, 1.82) is 0 Å². The number of anilines is 1. The molecular formula is C22H26FN7O3. The Balaban J connectivity index is 1.29. The number of hydrogen-bond donors (Lipinski definition) is 2. The summed E-state index contributed by atoms with van der Waals surface area (Å²) in [4.78, 5) is 18.3. The lowest BCUT2D eigenvalue weighted by atomic mass is 10.0. The van der Waals surface area contributed by atoms with Crippen molar-refractivity contribution in [3.05, 3.63) is 29.8 Å². The predicted octanol–water partition coefficient (Wildman–Crippen LogP) is 1.96. The number of likely N-dealkylation sites (tertiary alicyclic amines) is 1. The van der Waals surface area contributed by atoms with Crippen LogP contribution in [0, 0.1) is 5.92 Å². The topological polar surface area (TPSA) is 114 Å². The van der Waals surface area contributed by atoms with Gasteiger partial charge < -0.3 is 24.8 Å². The van der Waals surface area contributed by atoms with Crippen LogP contribution >= 0.6 is 0 Å². The second-order valence-electron chi connectivity index (χ2n) is 9.12. The van der Waals surface area contributed by atoms with Crippen LogP contribution in [0.4, 0.5) is 10.1 Å². The Morgan fingerprint density at radius 1 is 1.30 bits per heavy atom. The summed E-state index contributed by atoms with van der Waals surface area (Å²) in [7, 11) is 1.93. The summed E-state index contributed by atoms with van der Waals surface area (Å²) in [5, 5.41) is 15.9. The number of fused-ring (bicyclic) bond motifs is 1. The van der Waals surface area contributed by atoms with Crippen LogP contribution in [-0.2, 0) is 16.1 Å². The first-order chi connectivity index (χ1) is 16.1. The third-order valence-corrected chi connectivity index (χ3v) is 6.47. The number of epoxide rings is 1. The number of halogens is 1. The van der Waals surface area contributed by atoms with Crippen molar-refractivity contribution in [2.24, 2.45) is 5.92 Å². The predicted molar refractivity (Wildman–Crippen MR) is 117 cm³/mol. The molecule has 3 fully saturated rings. The summed E-state index contributed by atoms with van der Waals surface area (Å²) < 4.78 is 27.2. The largest absolute Gasteiger partial charge is 0.377 e. The van der Waals surface area contributed by atoms with E-state index >= 15 is 0 Å². The summed E-state index contributed by atoms with van der Waals surface area (Å²) in [6, 6.07) is 5.54. The molecular weight excluding hydrogens is 429 g/mol. The molecule has 0 spiro atoms. The van der Waals surface area contributed by atoms with Crippen LogP contribution in [0.3, 0.4) is 0 Å². The summed E-state index contributed by atoms with van der Waals surface area (Å²) in [6.45, 7) is 2.01. The smallest absolute Gasteiger partial charge is 0.291 e. The fourth-order valence-corrected chi connectivity index (χ4v) is 4.39. The molecule has 0 radical (unpaired) electrons. The minimum absolute atomic E-state index is 0.0161. The van der Waals surface area contributed by atoms with E-state index in [4.69, 9.17) is 14.4 Å². The molecule has 1 aliphatic carbocycles. The molecule has 2 saturated heterocycles. The number of ether oxygens (including phenoxy) is 1. The Morgan fingerprint density at radius 2 is 2.15 bits per heavy atom. The van der Waals surface area contributed by atoms with E-state index in [1.807, 2.05) is 30.1 Å². The highest BCUT2D eigenvalue weighted by Crippen LogP contribution is 2.38. The highest BCUT2D eigenvalue weighted by Gasteiger charge is 2.35. The quantitative estimate of drug-likeness (QED) is 0.520. The van der Waals surface area contributed by atoms with Gasteiger partial charge >= 0.3 is 0 Å². The lowest BCUT2D eigenvalue weighted by Crippen LogP contribution is -2.46. The molecule has 2 aliphatic heterocycles. The van der Waals surface area contributed by atoms with E-state index in [9.17, 15) is 9.18 Å². The summed E-state index contributed by atoms with van der Waals surface area (Å²) >= 11 is 0. The Labute approximate surface area is 189 Å². The van der Waals surface area contributed by atoms with Crippen LogP contribution in [0.5, 0.6) is 0 Å². The zero-order valence-corrected chi connectivity index (χ0v) is 18.3. The maximum absolute atomic E-state index is 14.6. The summed E-state index contributed by atoms with van der Waals surface area (Å²) in [6.07, 6.45) is 1.51. The van der Waals surface area contributed by atoms with Gasteiger partial charge in [0.05, 0.1) is 30.6 Å². The Hall–Kier alpha value is -3.05. The first-order valence-corrected chi connectivity index (χ1v) is 11.4. The van der Waals surface area contributed by atoms with Gasteiger partial charge in [0, 0.05) is 24.4 Å². The van der Waals surface area contributed by atoms with E-state index in [2.05, 4.69) is 20.8 Å². The van der Waals surface area contributed by atoms with Gasteiger partial charge in [0.2, 0.25) is 11.8 Å². The molecule has 0 bridgehead atoms. The number of carbonyl (C=O) groups is 1. The summed E-state index contributed by atoms with van der Waals surface area (Å²) in [5.74, 6) is 0.719. The highest BCUT2D eigenvalue weighted by molar-refractivity contribution is 5.93. The summed E-state index contributed by atoms with van der Waals surface area (Å²) in [5.41, 5.74) is 2.32. The number of nitrogens with one attached hydrogen (secondary N) is 2. The van der Waals surface area contributed by atoms with E-state index in [0.717, 1.165) is 36.2 Å². The molecule has 2 aromatic heterocycles. The monoisotopic (exact) mass is 455 g/mol. The number of benzene rings is 1. The first kappa shape index (κ1) is 20.5. The minimum Gasteiger partial charge on any atom is -0.377 e. The average Bonchev–Trinajstić information content (AvgIpc) is 3.73. The van der Waals surface area contributed by atoms with Crippen molar-refractivity contribution < 1.29 is 18.4 Å². The van der Waals surface area contributed by atoms with Crippen LogP contribution in [0.15, 0.2) is 22.7 Å². The number of carbonyl (C=O) groups excluding carboxylic acids is 1. The normalized spacial score (nSPS) is 25.3. The van der Waals surface area contributed by atoms with E-state index in [0.29, 0.717) is 31.0 Å². The molecule has 3 aliphatic rings. The lowest BCUT2D eigenvalue weighted by molar-refractivity contribution is -0.122. The molecule has 0 unspecified atom stereocenters. The maximum atomic E-state index is 14.6. The molecule has 1 saturated carbocycles. The van der Waals surface area contributed by atoms with Crippen molar-refractivity contribution in [3.63, 3.8) is 0 Å². The second kappa shape index (κ2) is 8.07. The van der Waals surface area contributed by atoms with Crippen molar-refractivity contribution in [2.75, 3.05) is 32.1 Å². The number of nitrogens with zero attached hydrogens (tertiary/aromatic N) is 5. The van der Waals surface area contributed by atoms with Crippen LogP contribution in [0.2, 0.25) is 0 Å². The van der Waals surface area contributed by atoms with Crippen LogP contribution in [0.1, 0.15) is 37.0 Å². The van der Waals surface area contributed by atoms with E-state index in [-0.39, 0.29) is 36.5 Å². The molecule has 1 aromatic carbocycles. The fraction of sp³-hybridized carbons (Fsp3) is 0.545. The number of aromatic nitrogens is 4. The fourth-order valence-electron chi connectivity index (χ4n) is 4.39. The number of hydrogen-bond acceptors (Lipinski definition) is 8. The van der Waals surface area contributed by atoms with Gasteiger partial charge in [-0.3, -0.25) is 4.79 Å². The van der Waals surface area contributed by atoms with Gasteiger partial charge in [-0.15, -0.1) is 0 Å². The van der Waals surface area contributed by atoms with Crippen LogP contribution < -0.4 is 10.6 Å². The van der Waals surface area contributed by atoms with Crippen molar-refractivity contribution in [2.45, 2.75) is 44.1 Å². The molecule has 1 amide bonds. The van der Waals surface area contributed by atoms with Crippen LogP contribution in [0.25, 0.3) is 16.9 Å². The molecule has 3 atom stereocenters. The zero-order valence-electron chi connectivity index (χ0n) is 18.3. The van der Waals surface area contributed by atoms with Gasteiger partial charge in [0.25, 0.3) is 5.95 Å². The highest BCUT2D eigenvalue weighted by atomic mass is 19.1. The van der Waals surface area contributed by atoms with Gasteiger partial charge in [0.15, 0.2) is 0 Å². The Bertz CT molecular complexity index is 1190. The number of amides is 1. The minimum atomic E-state index is -0.960. The van der Waals surface area contributed by atoms with Gasteiger partial charge in [-0.05, 0) is 37.5 Å². The Kier molecular flexibility index (Phi) is 5.02. The van der Waals surface area contributed by atoms with E-state index in [1.54, 1.807) is 4.68 Å².